The SMILES string of the molecule is Cc1nc(C(C)C)ccc1C(=O)Nc1ccc(Oc2cccc(OC(F)(F)F)c2)cc1. The van der Waals surface area contributed by atoms with Gasteiger partial charge in [0, 0.05) is 17.4 Å². The van der Waals surface area contributed by atoms with E-state index in [1.807, 2.05) is 19.9 Å². The minimum Gasteiger partial charge on any atom is -0.457 e. The molecule has 162 valence electrons. The van der Waals surface area contributed by atoms with Gasteiger partial charge in [-0.15, -0.1) is 13.2 Å². The van der Waals surface area contributed by atoms with Crippen molar-refractivity contribution in [3.63, 3.8) is 0 Å². The molecule has 5 nitrogen and oxygen atoms in total. The molecule has 0 bridgehead atoms. The minimum atomic E-state index is -4.78. The highest BCUT2D eigenvalue weighted by atomic mass is 19.4. The number of carbonyl (C=O) groups excluding carboxylic acids is 1. The molecule has 0 fully saturated rings. The van der Waals surface area contributed by atoms with E-state index in [-0.39, 0.29) is 23.3 Å². The molecule has 1 N–H and O–H groups in total. The van der Waals surface area contributed by atoms with Crippen molar-refractivity contribution in [2.45, 2.75) is 33.1 Å². The summed E-state index contributed by atoms with van der Waals surface area (Å²) in [5.74, 6) is 0.183. The number of halogens is 3. The molecule has 0 saturated heterocycles. The van der Waals surface area contributed by atoms with Gasteiger partial charge in [-0.1, -0.05) is 19.9 Å². The smallest absolute Gasteiger partial charge is 0.457 e. The molecule has 8 heteroatoms. The van der Waals surface area contributed by atoms with E-state index in [0.29, 0.717) is 22.7 Å². The lowest BCUT2D eigenvalue weighted by Crippen LogP contribution is -2.17. The van der Waals surface area contributed by atoms with Crippen LogP contribution in [0.15, 0.2) is 60.7 Å². The Morgan fingerprint density at radius 3 is 2.26 bits per heavy atom. The molecule has 0 aliphatic rings. The van der Waals surface area contributed by atoms with Crippen LogP contribution in [0.1, 0.15) is 41.5 Å². The predicted octanol–water partition coefficient (Wildman–Crippen LogP) is 6.46. The molecule has 0 unspecified atom stereocenters. The quantitative estimate of drug-likeness (QED) is 0.488. The molecule has 0 radical (unpaired) electrons. The van der Waals surface area contributed by atoms with Gasteiger partial charge in [0.05, 0.1) is 11.3 Å². The Labute approximate surface area is 177 Å². The highest BCUT2D eigenvalue weighted by molar-refractivity contribution is 6.05. The van der Waals surface area contributed by atoms with E-state index in [2.05, 4.69) is 15.0 Å². The maximum atomic E-state index is 12.6. The first-order valence-corrected chi connectivity index (χ1v) is 9.53. The summed E-state index contributed by atoms with van der Waals surface area (Å²) in [6.45, 7) is 5.85. The summed E-state index contributed by atoms with van der Waals surface area (Å²) in [6, 6.07) is 15.3. The van der Waals surface area contributed by atoms with E-state index in [1.165, 1.54) is 18.2 Å². The van der Waals surface area contributed by atoms with E-state index in [1.54, 1.807) is 37.3 Å². The van der Waals surface area contributed by atoms with Gasteiger partial charge < -0.3 is 14.8 Å². The molecule has 3 rings (SSSR count). The average Bonchev–Trinajstić information content (AvgIpc) is 2.68. The monoisotopic (exact) mass is 430 g/mol. The lowest BCUT2D eigenvalue weighted by atomic mass is 10.1. The van der Waals surface area contributed by atoms with Crippen LogP contribution in [-0.4, -0.2) is 17.3 Å². The summed E-state index contributed by atoms with van der Waals surface area (Å²) in [7, 11) is 0. The van der Waals surface area contributed by atoms with Gasteiger partial charge in [0.15, 0.2) is 0 Å². The fourth-order valence-corrected chi connectivity index (χ4v) is 2.82. The third-order valence-corrected chi connectivity index (χ3v) is 4.33. The Morgan fingerprint density at radius 2 is 1.65 bits per heavy atom. The number of aryl methyl sites for hydroxylation is 1. The van der Waals surface area contributed by atoms with Crippen molar-refractivity contribution < 1.29 is 27.4 Å². The number of benzene rings is 2. The first-order chi connectivity index (χ1) is 14.6. The van der Waals surface area contributed by atoms with Gasteiger partial charge in [0.25, 0.3) is 5.91 Å². The average molecular weight is 430 g/mol. The number of hydrogen-bond acceptors (Lipinski definition) is 4. The van der Waals surface area contributed by atoms with Gasteiger partial charge in [0.2, 0.25) is 0 Å². The fraction of sp³-hybridized carbons (Fsp3) is 0.217. The van der Waals surface area contributed by atoms with Crippen molar-refractivity contribution in [1.82, 2.24) is 4.98 Å². The number of pyridine rings is 1. The molecular weight excluding hydrogens is 409 g/mol. The van der Waals surface area contributed by atoms with Gasteiger partial charge in [-0.05, 0) is 61.4 Å². The first-order valence-electron chi connectivity index (χ1n) is 9.53. The highest BCUT2D eigenvalue weighted by Gasteiger charge is 2.31. The third-order valence-electron chi connectivity index (χ3n) is 4.33. The van der Waals surface area contributed by atoms with Crippen molar-refractivity contribution >= 4 is 11.6 Å². The van der Waals surface area contributed by atoms with Gasteiger partial charge in [-0.25, -0.2) is 0 Å². The van der Waals surface area contributed by atoms with Crippen LogP contribution in [0.5, 0.6) is 17.2 Å². The van der Waals surface area contributed by atoms with E-state index in [4.69, 9.17) is 4.74 Å². The van der Waals surface area contributed by atoms with Crippen molar-refractivity contribution in [2.24, 2.45) is 0 Å². The molecule has 0 spiro atoms. The number of alkyl halides is 3. The Kier molecular flexibility index (Phi) is 6.48. The first kappa shape index (κ1) is 22.1. The van der Waals surface area contributed by atoms with Crippen molar-refractivity contribution in [1.29, 1.82) is 0 Å². The maximum Gasteiger partial charge on any atom is 0.573 e. The van der Waals surface area contributed by atoms with E-state index < -0.39 is 6.36 Å². The number of amides is 1. The summed E-state index contributed by atoms with van der Waals surface area (Å²) >= 11 is 0. The van der Waals surface area contributed by atoms with Gasteiger partial charge in [-0.3, -0.25) is 9.78 Å². The Morgan fingerprint density at radius 1 is 0.968 bits per heavy atom. The third kappa shape index (κ3) is 6.21. The Hall–Kier alpha value is -3.55. The zero-order chi connectivity index (χ0) is 22.6. The maximum absolute atomic E-state index is 12.6. The van der Waals surface area contributed by atoms with Crippen LogP contribution < -0.4 is 14.8 Å². The second-order valence-electron chi connectivity index (χ2n) is 7.13. The zero-order valence-corrected chi connectivity index (χ0v) is 17.2. The molecular formula is C23H21F3N2O3. The number of nitrogens with one attached hydrogen (secondary N) is 1. The zero-order valence-electron chi connectivity index (χ0n) is 17.2. The molecule has 3 aromatic rings. The van der Waals surface area contributed by atoms with Crippen LogP contribution >= 0.6 is 0 Å². The lowest BCUT2D eigenvalue weighted by molar-refractivity contribution is -0.274. The van der Waals surface area contributed by atoms with Crippen LogP contribution in [0.2, 0.25) is 0 Å². The Bertz CT molecular complexity index is 1060. The predicted molar refractivity (Wildman–Crippen MR) is 111 cm³/mol. The van der Waals surface area contributed by atoms with Crippen LogP contribution in [0.4, 0.5) is 18.9 Å². The number of carbonyl (C=O) groups is 1. The van der Waals surface area contributed by atoms with E-state index in [0.717, 1.165) is 11.8 Å². The number of ether oxygens (including phenoxy) is 2. The fourth-order valence-electron chi connectivity index (χ4n) is 2.82. The summed E-state index contributed by atoms with van der Waals surface area (Å²) in [5.41, 5.74) is 2.58. The highest BCUT2D eigenvalue weighted by Crippen LogP contribution is 2.29. The number of rotatable bonds is 6. The van der Waals surface area contributed by atoms with Crippen molar-refractivity contribution in [3.05, 3.63) is 77.6 Å². The molecule has 2 aromatic carbocycles. The molecule has 0 aliphatic carbocycles. The van der Waals surface area contributed by atoms with Gasteiger partial charge in [-0.2, -0.15) is 0 Å². The van der Waals surface area contributed by atoms with Crippen molar-refractivity contribution in [3.8, 4) is 17.2 Å². The van der Waals surface area contributed by atoms with Gasteiger partial charge >= 0.3 is 6.36 Å². The molecule has 0 aliphatic heterocycles. The summed E-state index contributed by atoms with van der Waals surface area (Å²) < 4.78 is 46.5. The molecule has 0 saturated carbocycles. The second-order valence-corrected chi connectivity index (χ2v) is 7.13. The second kappa shape index (κ2) is 9.07. The topological polar surface area (TPSA) is 60.5 Å². The summed E-state index contributed by atoms with van der Waals surface area (Å²) in [6.07, 6.45) is -4.78. The number of anilines is 1. The Balaban J connectivity index is 1.66. The summed E-state index contributed by atoms with van der Waals surface area (Å²) in [4.78, 5) is 17.0. The largest absolute Gasteiger partial charge is 0.573 e. The van der Waals surface area contributed by atoms with Gasteiger partial charge in [0.1, 0.15) is 17.2 Å². The van der Waals surface area contributed by atoms with Crippen LogP contribution in [-0.2, 0) is 0 Å². The lowest BCUT2D eigenvalue weighted by Gasteiger charge is -2.12. The molecule has 0 atom stereocenters. The minimum absolute atomic E-state index is 0.186. The molecule has 31 heavy (non-hydrogen) atoms. The number of nitrogens with zero attached hydrogens (tertiary/aromatic N) is 1. The number of aromatic nitrogens is 1. The molecule has 1 amide bonds. The van der Waals surface area contributed by atoms with E-state index >= 15 is 0 Å². The molecule has 1 aromatic heterocycles. The summed E-state index contributed by atoms with van der Waals surface area (Å²) in [5, 5.41) is 2.79. The van der Waals surface area contributed by atoms with Crippen molar-refractivity contribution in [2.75, 3.05) is 5.32 Å². The number of hydrogen-bond donors (Lipinski definition) is 1. The normalized spacial score (nSPS) is 11.3. The van der Waals surface area contributed by atoms with Crippen LogP contribution in [0.3, 0.4) is 0 Å². The van der Waals surface area contributed by atoms with E-state index in [9.17, 15) is 18.0 Å². The standard InChI is InChI=1S/C23H21F3N2O3/c1-14(2)21-12-11-20(15(3)27-21)22(29)28-16-7-9-17(10-8-16)30-18-5-4-6-19(13-18)31-23(24,25)26/h4-14H,1-3H3,(H,28,29). The molecule has 1 heterocycles. The van der Waals surface area contributed by atoms with Crippen LogP contribution in [0.25, 0.3) is 0 Å². The van der Waals surface area contributed by atoms with Crippen LogP contribution in [0, 0.1) is 6.92 Å².